The Morgan fingerprint density at radius 1 is 1.17 bits per heavy atom. The van der Waals surface area contributed by atoms with Gasteiger partial charge in [-0.3, -0.25) is 14.0 Å². The van der Waals surface area contributed by atoms with Crippen molar-refractivity contribution in [1.82, 2.24) is 34.3 Å². The fourth-order valence-electron chi connectivity index (χ4n) is 4.39. The zero-order valence-corrected chi connectivity index (χ0v) is 20.2. The van der Waals surface area contributed by atoms with E-state index in [0.717, 1.165) is 5.92 Å². The van der Waals surface area contributed by atoms with E-state index in [4.69, 9.17) is 10.5 Å². The number of aromatic nitrogens is 7. The highest BCUT2D eigenvalue weighted by atomic mass is 16.6. The SMILES string of the molecule is CC1CCCCC1.CCn1cnc([C@H]2O[C@@H](n3cnc4c(NC)nc(C(N)=O)nc43)[C@H](O)[C@@H]2O)n1. The third-order valence-electron chi connectivity index (χ3n) is 6.42. The number of carbonyl (C=O) groups excluding carboxylic acids is 1. The molecule has 1 aliphatic carbocycles. The van der Waals surface area contributed by atoms with Crippen LogP contribution >= 0.6 is 0 Å². The molecule has 1 saturated heterocycles. The Balaban J connectivity index is 0.000000356. The van der Waals surface area contributed by atoms with E-state index in [0.29, 0.717) is 17.9 Å². The first-order chi connectivity index (χ1) is 16.8. The molecular weight excluding hydrogens is 454 g/mol. The summed E-state index contributed by atoms with van der Waals surface area (Å²) in [5.74, 6) is 0.556. The zero-order chi connectivity index (χ0) is 25.1. The van der Waals surface area contributed by atoms with Crippen molar-refractivity contribution in [3.05, 3.63) is 24.3 Å². The fourth-order valence-corrected chi connectivity index (χ4v) is 4.39. The van der Waals surface area contributed by atoms with Gasteiger partial charge in [0.2, 0.25) is 5.82 Å². The molecule has 5 rings (SSSR count). The Morgan fingerprint density at radius 3 is 2.49 bits per heavy atom. The van der Waals surface area contributed by atoms with Crippen LogP contribution in [-0.4, -0.2) is 69.7 Å². The second kappa shape index (κ2) is 10.6. The van der Waals surface area contributed by atoms with E-state index in [1.54, 1.807) is 11.7 Å². The van der Waals surface area contributed by atoms with Crippen molar-refractivity contribution in [2.45, 2.75) is 77.0 Å². The molecule has 3 aromatic heterocycles. The summed E-state index contributed by atoms with van der Waals surface area (Å²) in [5, 5.41) is 28.1. The molecular formula is C22H33N9O4. The number of primary amides is 1. The van der Waals surface area contributed by atoms with Crippen molar-refractivity contribution in [2.75, 3.05) is 12.4 Å². The summed E-state index contributed by atoms with van der Waals surface area (Å²) in [6, 6.07) is 0. The summed E-state index contributed by atoms with van der Waals surface area (Å²) < 4.78 is 8.84. The van der Waals surface area contributed by atoms with Crippen molar-refractivity contribution >= 4 is 22.9 Å². The smallest absolute Gasteiger partial charge is 0.286 e. The number of aryl methyl sites for hydroxylation is 1. The van der Waals surface area contributed by atoms with Crippen molar-refractivity contribution < 1.29 is 19.7 Å². The molecule has 1 saturated carbocycles. The maximum absolute atomic E-state index is 11.6. The average Bonchev–Trinajstić information content (AvgIpc) is 3.57. The first kappa shape index (κ1) is 24.9. The molecule has 2 aliphatic rings. The number of amides is 1. The highest BCUT2D eigenvalue weighted by molar-refractivity contribution is 5.93. The number of rotatable bonds is 5. The molecule has 0 unspecified atom stereocenters. The molecule has 0 spiro atoms. The highest BCUT2D eigenvalue weighted by Gasteiger charge is 2.47. The maximum atomic E-state index is 11.6. The third-order valence-corrected chi connectivity index (χ3v) is 6.42. The van der Waals surface area contributed by atoms with Crippen LogP contribution in [0, 0.1) is 5.92 Å². The number of ether oxygens (including phenoxy) is 1. The number of aliphatic hydroxyl groups excluding tert-OH is 2. The van der Waals surface area contributed by atoms with E-state index in [-0.39, 0.29) is 17.3 Å². The molecule has 1 aliphatic heterocycles. The normalized spacial score (nSPS) is 24.8. The van der Waals surface area contributed by atoms with Crippen molar-refractivity contribution in [3.8, 4) is 0 Å². The van der Waals surface area contributed by atoms with Crippen LogP contribution in [0.15, 0.2) is 12.7 Å². The molecule has 190 valence electrons. The Hall–Kier alpha value is -3.16. The van der Waals surface area contributed by atoms with Crippen LogP contribution in [0.5, 0.6) is 0 Å². The molecule has 4 atom stereocenters. The van der Waals surface area contributed by atoms with Gasteiger partial charge in [-0.2, -0.15) is 5.10 Å². The largest absolute Gasteiger partial charge is 0.387 e. The summed E-state index contributed by atoms with van der Waals surface area (Å²) in [5.41, 5.74) is 5.88. The number of anilines is 1. The molecule has 0 radical (unpaired) electrons. The monoisotopic (exact) mass is 487 g/mol. The van der Waals surface area contributed by atoms with E-state index in [1.165, 1.54) is 49.3 Å². The number of fused-ring (bicyclic) bond motifs is 1. The summed E-state index contributed by atoms with van der Waals surface area (Å²) in [7, 11) is 1.61. The molecule has 13 nitrogen and oxygen atoms in total. The Kier molecular flexibility index (Phi) is 7.57. The van der Waals surface area contributed by atoms with Gasteiger partial charge in [-0.05, 0) is 12.8 Å². The number of nitrogens with zero attached hydrogens (tertiary/aromatic N) is 7. The van der Waals surface area contributed by atoms with Crippen LogP contribution in [-0.2, 0) is 11.3 Å². The quantitative estimate of drug-likeness (QED) is 0.408. The van der Waals surface area contributed by atoms with Gasteiger partial charge in [-0.1, -0.05) is 39.0 Å². The van der Waals surface area contributed by atoms with Gasteiger partial charge in [0, 0.05) is 13.6 Å². The number of imidazole rings is 1. The molecule has 4 heterocycles. The number of aliphatic hydroxyl groups is 2. The predicted molar refractivity (Wildman–Crippen MR) is 126 cm³/mol. The summed E-state index contributed by atoms with van der Waals surface area (Å²) in [6.07, 6.45) is 5.80. The molecule has 2 fully saturated rings. The summed E-state index contributed by atoms with van der Waals surface area (Å²) >= 11 is 0. The molecule has 0 aromatic carbocycles. The minimum atomic E-state index is -1.30. The fraction of sp³-hybridized carbons (Fsp3) is 0.636. The van der Waals surface area contributed by atoms with Gasteiger partial charge < -0.3 is 26.0 Å². The molecule has 35 heavy (non-hydrogen) atoms. The number of hydrogen-bond donors (Lipinski definition) is 4. The maximum Gasteiger partial charge on any atom is 0.286 e. The van der Waals surface area contributed by atoms with Crippen LogP contribution in [0.25, 0.3) is 11.2 Å². The van der Waals surface area contributed by atoms with Gasteiger partial charge in [0.15, 0.2) is 35.1 Å². The number of hydrogen-bond acceptors (Lipinski definition) is 10. The molecule has 0 bridgehead atoms. The Labute approximate surface area is 202 Å². The van der Waals surface area contributed by atoms with Gasteiger partial charge in [-0.15, -0.1) is 0 Å². The zero-order valence-electron chi connectivity index (χ0n) is 20.2. The van der Waals surface area contributed by atoms with E-state index in [2.05, 4.69) is 37.3 Å². The second-order valence-corrected chi connectivity index (χ2v) is 8.96. The second-order valence-electron chi connectivity index (χ2n) is 8.96. The van der Waals surface area contributed by atoms with Crippen LogP contribution in [0.2, 0.25) is 0 Å². The number of nitrogens with two attached hydrogens (primary N) is 1. The average molecular weight is 488 g/mol. The topological polar surface area (TPSA) is 179 Å². The van der Waals surface area contributed by atoms with E-state index >= 15 is 0 Å². The predicted octanol–water partition coefficient (Wildman–Crippen LogP) is 1.16. The lowest BCUT2D eigenvalue weighted by Gasteiger charge is -2.16. The lowest BCUT2D eigenvalue weighted by molar-refractivity contribution is -0.0383. The van der Waals surface area contributed by atoms with Gasteiger partial charge >= 0.3 is 0 Å². The summed E-state index contributed by atoms with van der Waals surface area (Å²) in [6.45, 7) is 4.86. The lowest BCUT2D eigenvalue weighted by Crippen LogP contribution is -2.29. The minimum absolute atomic E-state index is 0.216. The molecule has 5 N–H and O–H groups in total. The minimum Gasteiger partial charge on any atom is -0.387 e. The Morgan fingerprint density at radius 2 is 1.91 bits per heavy atom. The molecule has 1 amide bonds. The van der Waals surface area contributed by atoms with Gasteiger partial charge in [0.05, 0.1) is 6.33 Å². The standard InChI is InChI=1S/C15H19N9O4.C7H14/c1-3-23-4-19-12(22-23)9-7(25)8(26)15(28-9)24-5-18-6-11(17-2)20-13(10(16)27)21-14(6)24;1-7-5-3-2-4-6-7/h4-5,7-9,15,25-26H,3H2,1-2H3,(H2,16,27)(H,17,20,21);7H,2-6H2,1H3/t7-,8+,9-,15+;/m0./s1. The van der Waals surface area contributed by atoms with E-state index < -0.39 is 30.4 Å². The van der Waals surface area contributed by atoms with E-state index in [1.807, 2.05) is 6.92 Å². The molecule has 3 aromatic rings. The summed E-state index contributed by atoms with van der Waals surface area (Å²) in [4.78, 5) is 28.1. The van der Waals surface area contributed by atoms with Gasteiger partial charge in [0.1, 0.15) is 18.5 Å². The first-order valence-corrected chi connectivity index (χ1v) is 12.0. The van der Waals surface area contributed by atoms with Crippen LogP contribution in [0.4, 0.5) is 5.82 Å². The first-order valence-electron chi connectivity index (χ1n) is 12.0. The number of nitrogens with one attached hydrogen (secondary N) is 1. The molecule has 13 heteroatoms. The van der Waals surface area contributed by atoms with Crippen LogP contribution in [0.3, 0.4) is 0 Å². The van der Waals surface area contributed by atoms with Crippen molar-refractivity contribution in [1.29, 1.82) is 0 Å². The van der Waals surface area contributed by atoms with E-state index in [9.17, 15) is 15.0 Å². The number of carbonyl (C=O) groups is 1. The van der Waals surface area contributed by atoms with Crippen molar-refractivity contribution in [2.24, 2.45) is 11.7 Å². The van der Waals surface area contributed by atoms with Crippen LogP contribution < -0.4 is 11.1 Å². The highest BCUT2D eigenvalue weighted by Crippen LogP contribution is 2.38. The lowest BCUT2D eigenvalue weighted by atomic mass is 9.91. The van der Waals surface area contributed by atoms with Crippen molar-refractivity contribution in [3.63, 3.8) is 0 Å². The van der Waals surface area contributed by atoms with Crippen LogP contribution in [0.1, 0.15) is 74.7 Å². The van der Waals surface area contributed by atoms with Gasteiger partial charge in [-0.25, -0.2) is 19.9 Å². The van der Waals surface area contributed by atoms with Gasteiger partial charge in [0.25, 0.3) is 5.91 Å². The third kappa shape index (κ3) is 5.11. The Bertz CT molecular complexity index is 1160.